The minimum atomic E-state index is 0.237. The number of hydrogen-bond donors (Lipinski definition) is 0. The summed E-state index contributed by atoms with van der Waals surface area (Å²) in [7, 11) is 2.08. The molecule has 0 aromatic heterocycles. The maximum absolute atomic E-state index is 11.1. The first-order valence-electron chi connectivity index (χ1n) is 4.35. The minimum Gasteiger partial charge on any atom is -0.298 e. The molecule has 0 aromatic rings. The van der Waals surface area contributed by atoms with Gasteiger partial charge in [0, 0.05) is 6.04 Å². The molecule has 0 aromatic carbocycles. The first kappa shape index (κ1) is 7.29. The van der Waals surface area contributed by atoms with Gasteiger partial charge in [0.1, 0.15) is 5.78 Å². The second-order valence-corrected chi connectivity index (χ2v) is 4.04. The normalized spacial score (nSPS) is 49.0. The third-order valence-electron chi connectivity index (χ3n) is 3.44. The van der Waals surface area contributed by atoms with Gasteiger partial charge in [0.2, 0.25) is 0 Å². The van der Waals surface area contributed by atoms with Gasteiger partial charge in [-0.1, -0.05) is 6.92 Å². The van der Waals surface area contributed by atoms with E-state index in [0.717, 1.165) is 24.3 Å². The van der Waals surface area contributed by atoms with E-state index in [2.05, 4.69) is 18.9 Å². The van der Waals surface area contributed by atoms with Gasteiger partial charge in [-0.25, -0.2) is 0 Å². The number of piperidine rings is 1. The molecular formula is C9H15NO. The lowest BCUT2D eigenvalue weighted by Crippen LogP contribution is -2.35. The standard InChI is InChI=1S/C9H15NO/c1-5-7-4-8(6(2)11)10(3)9(5)7/h5,7-9H,4H2,1-3H3/t5-,7+,8-,9-/m0/s1. The third-order valence-corrected chi connectivity index (χ3v) is 3.44. The first-order chi connectivity index (χ1) is 5.13. The molecule has 2 fully saturated rings. The lowest BCUT2D eigenvalue weighted by molar-refractivity contribution is -0.121. The number of nitrogens with zero attached hydrogens (tertiary/aromatic N) is 1. The van der Waals surface area contributed by atoms with Gasteiger partial charge in [-0.05, 0) is 32.2 Å². The zero-order valence-corrected chi connectivity index (χ0v) is 7.37. The maximum atomic E-state index is 11.1. The van der Waals surface area contributed by atoms with Gasteiger partial charge < -0.3 is 0 Å². The van der Waals surface area contributed by atoms with E-state index in [9.17, 15) is 4.79 Å². The zero-order valence-electron chi connectivity index (χ0n) is 7.37. The van der Waals surface area contributed by atoms with Crippen LogP contribution in [0.1, 0.15) is 20.3 Å². The average molecular weight is 153 g/mol. The van der Waals surface area contributed by atoms with Crippen LogP contribution in [0.5, 0.6) is 0 Å². The van der Waals surface area contributed by atoms with E-state index >= 15 is 0 Å². The van der Waals surface area contributed by atoms with Crippen LogP contribution in [0, 0.1) is 11.8 Å². The summed E-state index contributed by atoms with van der Waals surface area (Å²) in [6.45, 7) is 3.98. The predicted octanol–water partition coefficient (Wildman–Crippen LogP) is 0.914. The molecule has 2 aliphatic rings. The van der Waals surface area contributed by atoms with Crippen LogP contribution < -0.4 is 0 Å². The molecule has 2 rings (SSSR count). The highest BCUT2D eigenvalue weighted by Gasteiger charge is 2.57. The highest BCUT2D eigenvalue weighted by atomic mass is 16.1. The van der Waals surface area contributed by atoms with E-state index in [4.69, 9.17) is 0 Å². The largest absolute Gasteiger partial charge is 0.298 e. The van der Waals surface area contributed by atoms with E-state index in [1.165, 1.54) is 0 Å². The Kier molecular flexibility index (Phi) is 1.37. The summed E-state index contributed by atoms with van der Waals surface area (Å²) in [4.78, 5) is 13.3. The summed E-state index contributed by atoms with van der Waals surface area (Å²) in [6.07, 6.45) is 1.11. The van der Waals surface area contributed by atoms with Crippen LogP contribution in [0.4, 0.5) is 0 Å². The van der Waals surface area contributed by atoms with E-state index in [1.54, 1.807) is 6.92 Å². The van der Waals surface area contributed by atoms with Crippen LogP contribution in [0.3, 0.4) is 0 Å². The fourth-order valence-electron chi connectivity index (χ4n) is 2.63. The molecule has 1 saturated heterocycles. The molecule has 2 nitrogen and oxygen atoms in total. The van der Waals surface area contributed by atoms with Crippen molar-refractivity contribution in [2.45, 2.75) is 32.4 Å². The van der Waals surface area contributed by atoms with Crippen molar-refractivity contribution in [1.82, 2.24) is 4.90 Å². The van der Waals surface area contributed by atoms with Gasteiger partial charge in [0.05, 0.1) is 6.04 Å². The first-order valence-corrected chi connectivity index (χ1v) is 4.35. The molecule has 1 aliphatic heterocycles. The fraction of sp³-hybridized carbons (Fsp3) is 0.889. The SMILES string of the molecule is CC(=O)[C@@H]1C[C@@H]2[C@H](C)[C@@H]2N1C. The Morgan fingerprint density at radius 3 is 2.55 bits per heavy atom. The minimum absolute atomic E-state index is 0.237. The van der Waals surface area contributed by atoms with Gasteiger partial charge in [-0.2, -0.15) is 0 Å². The second kappa shape index (κ2) is 2.07. The van der Waals surface area contributed by atoms with Gasteiger partial charge in [-0.15, -0.1) is 0 Å². The van der Waals surface area contributed by atoms with Gasteiger partial charge >= 0.3 is 0 Å². The Morgan fingerprint density at radius 2 is 2.18 bits per heavy atom. The Labute approximate surface area is 67.6 Å². The highest BCUT2D eigenvalue weighted by Crippen LogP contribution is 2.52. The maximum Gasteiger partial charge on any atom is 0.146 e. The van der Waals surface area contributed by atoms with Crippen molar-refractivity contribution in [1.29, 1.82) is 0 Å². The number of hydrogen-bond acceptors (Lipinski definition) is 2. The van der Waals surface area contributed by atoms with Crippen molar-refractivity contribution in [3.05, 3.63) is 0 Å². The van der Waals surface area contributed by atoms with Crippen LogP contribution in [0.15, 0.2) is 0 Å². The smallest absolute Gasteiger partial charge is 0.146 e. The molecule has 1 heterocycles. The molecule has 0 radical (unpaired) electrons. The van der Waals surface area contributed by atoms with Crippen LogP contribution >= 0.6 is 0 Å². The molecule has 1 aliphatic carbocycles. The summed E-state index contributed by atoms with van der Waals surface area (Å²) in [5, 5.41) is 0. The fourth-order valence-corrected chi connectivity index (χ4v) is 2.63. The van der Waals surface area contributed by atoms with Crippen molar-refractivity contribution in [2.75, 3.05) is 7.05 Å². The lowest BCUT2D eigenvalue weighted by atomic mass is 10.1. The average Bonchev–Trinajstić information content (AvgIpc) is 2.36. The van der Waals surface area contributed by atoms with Crippen molar-refractivity contribution < 1.29 is 4.79 Å². The van der Waals surface area contributed by atoms with E-state index < -0.39 is 0 Å². The summed E-state index contributed by atoms with van der Waals surface area (Å²) in [5.74, 6) is 2.01. The molecule has 0 spiro atoms. The number of likely N-dealkylation sites (tertiary alicyclic amines) is 1. The van der Waals surface area contributed by atoms with Crippen LogP contribution in [-0.4, -0.2) is 29.8 Å². The van der Waals surface area contributed by atoms with Crippen molar-refractivity contribution in [2.24, 2.45) is 11.8 Å². The van der Waals surface area contributed by atoms with Gasteiger partial charge in [-0.3, -0.25) is 9.69 Å². The molecule has 0 N–H and O–H groups in total. The topological polar surface area (TPSA) is 20.3 Å². The number of rotatable bonds is 1. The van der Waals surface area contributed by atoms with Gasteiger partial charge in [0.15, 0.2) is 0 Å². The monoisotopic (exact) mass is 153 g/mol. The molecule has 2 heteroatoms. The summed E-state index contributed by atoms with van der Waals surface area (Å²) < 4.78 is 0. The lowest BCUT2D eigenvalue weighted by Gasteiger charge is -2.21. The predicted molar refractivity (Wildman–Crippen MR) is 43.3 cm³/mol. The molecule has 0 amide bonds. The van der Waals surface area contributed by atoms with Crippen LogP contribution in [0.25, 0.3) is 0 Å². The molecule has 0 bridgehead atoms. The molecule has 4 atom stereocenters. The molecule has 11 heavy (non-hydrogen) atoms. The van der Waals surface area contributed by atoms with Crippen LogP contribution in [0.2, 0.25) is 0 Å². The third kappa shape index (κ3) is 0.853. The summed E-state index contributed by atoms with van der Waals surface area (Å²) >= 11 is 0. The molecule has 0 unspecified atom stereocenters. The van der Waals surface area contributed by atoms with E-state index in [0.29, 0.717) is 5.78 Å². The molecule has 62 valence electrons. The van der Waals surface area contributed by atoms with Crippen molar-refractivity contribution in [3.8, 4) is 0 Å². The van der Waals surface area contributed by atoms with Gasteiger partial charge in [0.25, 0.3) is 0 Å². The number of Topliss-reactive ketones (excluding diaryl/α,β-unsaturated/α-hetero) is 1. The molecule has 1 saturated carbocycles. The molecular weight excluding hydrogens is 138 g/mol. The van der Waals surface area contributed by atoms with Crippen molar-refractivity contribution in [3.63, 3.8) is 0 Å². The highest BCUT2D eigenvalue weighted by molar-refractivity contribution is 5.82. The van der Waals surface area contributed by atoms with Crippen molar-refractivity contribution >= 4 is 5.78 Å². The number of ketones is 1. The number of likely N-dealkylation sites (N-methyl/N-ethyl adjacent to an activating group) is 1. The number of carbonyl (C=O) groups is 1. The second-order valence-electron chi connectivity index (χ2n) is 4.04. The zero-order chi connectivity index (χ0) is 8.17. The van der Waals surface area contributed by atoms with Crippen LogP contribution in [-0.2, 0) is 4.79 Å². The summed E-state index contributed by atoms with van der Waals surface area (Å²) in [6, 6.07) is 0.963. The van der Waals surface area contributed by atoms with E-state index in [1.807, 2.05) is 0 Å². The Hall–Kier alpha value is -0.370. The van der Waals surface area contributed by atoms with E-state index in [-0.39, 0.29) is 6.04 Å². The summed E-state index contributed by atoms with van der Waals surface area (Å²) in [5.41, 5.74) is 0. The number of carbonyl (C=O) groups excluding carboxylic acids is 1. The quantitative estimate of drug-likeness (QED) is 0.558. The number of fused-ring (bicyclic) bond motifs is 1. The Bertz CT molecular complexity index is 202. The Morgan fingerprint density at radius 1 is 1.55 bits per heavy atom. The Balaban J connectivity index is 2.06.